The monoisotopic (exact) mass is 428 g/mol. The molecule has 0 unspecified atom stereocenters. The number of hydrogen-bond donors (Lipinski definition) is 2. The number of aromatic amines is 2. The van der Waals surface area contributed by atoms with Gasteiger partial charge in [-0.05, 0) is 32.3 Å². The average molecular weight is 429 g/mol. The van der Waals surface area contributed by atoms with Crippen LogP contribution in [-0.2, 0) is 0 Å². The third-order valence-corrected chi connectivity index (χ3v) is 5.71. The van der Waals surface area contributed by atoms with E-state index in [1.807, 2.05) is 25.4 Å². The van der Waals surface area contributed by atoms with Crippen molar-refractivity contribution in [2.45, 2.75) is 6.92 Å². The molecule has 32 heavy (non-hydrogen) atoms. The molecule has 10 heteroatoms. The van der Waals surface area contributed by atoms with Crippen LogP contribution in [0.1, 0.15) is 12.6 Å². The Morgan fingerprint density at radius 3 is 2.81 bits per heavy atom. The highest BCUT2D eigenvalue weighted by atomic mass is 15.3. The predicted molar refractivity (Wildman–Crippen MR) is 128 cm³/mol. The molecule has 1 saturated heterocycles. The molecule has 0 atom stereocenters. The number of imidazole rings is 1. The van der Waals surface area contributed by atoms with E-state index in [1.54, 1.807) is 12.4 Å². The van der Waals surface area contributed by atoms with Crippen molar-refractivity contribution >= 4 is 46.3 Å². The summed E-state index contributed by atoms with van der Waals surface area (Å²) in [4.78, 5) is 29.6. The Kier molecular flexibility index (Phi) is 5.20. The fourth-order valence-corrected chi connectivity index (χ4v) is 3.88. The van der Waals surface area contributed by atoms with Crippen LogP contribution in [0.5, 0.6) is 0 Å². The molecule has 162 valence electrons. The second kappa shape index (κ2) is 8.31. The Labute approximate surface area is 184 Å². The van der Waals surface area contributed by atoms with Crippen LogP contribution in [0.3, 0.4) is 0 Å². The minimum Gasteiger partial charge on any atom is -0.366 e. The fraction of sp³-hybridized carbons (Fsp3) is 0.273. The summed E-state index contributed by atoms with van der Waals surface area (Å²) in [6.07, 6.45) is 8.58. The molecule has 4 aromatic heterocycles. The number of pyridine rings is 2. The van der Waals surface area contributed by atoms with E-state index >= 15 is 0 Å². The molecule has 10 nitrogen and oxygen atoms in total. The second-order valence-corrected chi connectivity index (χ2v) is 7.88. The SMILES string of the molecule is C=N/C=N\C=C(/C)c1cc2c(-c3nc4c(N5CCN(C)CC5)cncc4[nH]3)n[nH]c2cn1. The highest BCUT2D eigenvalue weighted by Gasteiger charge is 2.20. The smallest absolute Gasteiger partial charge is 0.159 e. The lowest BCUT2D eigenvalue weighted by Crippen LogP contribution is -2.44. The number of anilines is 1. The Balaban J connectivity index is 1.55. The topological polar surface area (TPSA) is 114 Å². The minimum atomic E-state index is 0.697. The molecule has 4 aromatic rings. The highest BCUT2D eigenvalue weighted by molar-refractivity contribution is 5.96. The molecule has 0 aromatic carbocycles. The number of nitrogens with zero attached hydrogens (tertiary/aromatic N) is 8. The normalized spacial score (nSPS) is 15.9. The van der Waals surface area contributed by atoms with Gasteiger partial charge in [-0.1, -0.05) is 0 Å². The van der Waals surface area contributed by atoms with E-state index in [9.17, 15) is 0 Å². The number of H-pyrrole nitrogens is 2. The zero-order valence-corrected chi connectivity index (χ0v) is 18.1. The van der Waals surface area contributed by atoms with Crippen LogP contribution in [-0.4, -0.2) is 81.3 Å². The molecule has 0 radical (unpaired) electrons. The van der Waals surface area contributed by atoms with Crippen molar-refractivity contribution in [1.29, 1.82) is 0 Å². The Hall–Kier alpha value is -3.92. The zero-order chi connectivity index (χ0) is 22.1. The fourth-order valence-electron chi connectivity index (χ4n) is 3.88. The number of piperazine rings is 1. The summed E-state index contributed by atoms with van der Waals surface area (Å²) in [7, 11) is 2.15. The summed E-state index contributed by atoms with van der Waals surface area (Å²) in [5, 5.41) is 8.51. The summed E-state index contributed by atoms with van der Waals surface area (Å²) in [6, 6.07) is 1.99. The van der Waals surface area contributed by atoms with Gasteiger partial charge >= 0.3 is 0 Å². The van der Waals surface area contributed by atoms with Gasteiger partial charge < -0.3 is 14.8 Å². The van der Waals surface area contributed by atoms with E-state index in [0.717, 1.165) is 70.8 Å². The molecule has 1 aliphatic rings. The lowest BCUT2D eigenvalue weighted by atomic mass is 10.1. The first kappa shape index (κ1) is 20.0. The van der Waals surface area contributed by atoms with Crippen LogP contribution in [0.4, 0.5) is 5.69 Å². The van der Waals surface area contributed by atoms with Crippen LogP contribution in [0.25, 0.3) is 39.0 Å². The van der Waals surface area contributed by atoms with E-state index in [4.69, 9.17) is 4.98 Å². The molecular formula is C22H24N10. The van der Waals surface area contributed by atoms with Crippen molar-refractivity contribution in [2.75, 3.05) is 38.1 Å². The Morgan fingerprint density at radius 1 is 1.16 bits per heavy atom. The molecule has 5 heterocycles. The van der Waals surface area contributed by atoms with Crippen molar-refractivity contribution in [3.8, 4) is 11.5 Å². The maximum atomic E-state index is 4.92. The van der Waals surface area contributed by atoms with Gasteiger partial charge in [-0.3, -0.25) is 20.1 Å². The maximum absolute atomic E-state index is 4.92. The highest BCUT2D eigenvalue weighted by Crippen LogP contribution is 2.31. The number of allylic oxidation sites excluding steroid dienone is 1. The maximum Gasteiger partial charge on any atom is 0.159 e. The van der Waals surface area contributed by atoms with Gasteiger partial charge in [-0.25, -0.2) is 9.98 Å². The number of hydrogen-bond acceptors (Lipinski definition) is 7. The molecule has 0 spiro atoms. The van der Waals surface area contributed by atoms with Gasteiger partial charge in [0.1, 0.15) is 17.5 Å². The van der Waals surface area contributed by atoms with Gasteiger partial charge in [0.15, 0.2) is 5.82 Å². The Bertz CT molecular complexity index is 1340. The van der Waals surface area contributed by atoms with E-state index in [-0.39, 0.29) is 0 Å². The van der Waals surface area contributed by atoms with E-state index in [1.165, 1.54) is 6.34 Å². The number of aromatic nitrogens is 6. The van der Waals surface area contributed by atoms with Crippen molar-refractivity contribution in [3.63, 3.8) is 0 Å². The van der Waals surface area contributed by atoms with Crippen molar-refractivity contribution in [3.05, 3.63) is 36.6 Å². The molecule has 0 amide bonds. The van der Waals surface area contributed by atoms with Crippen LogP contribution < -0.4 is 4.90 Å². The largest absolute Gasteiger partial charge is 0.366 e. The van der Waals surface area contributed by atoms with Gasteiger partial charge in [0.25, 0.3) is 0 Å². The average Bonchev–Trinajstić information content (AvgIpc) is 3.43. The van der Waals surface area contributed by atoms with Crippen molar-refractivity contribution < 1.29 is 0 Å². The second-order valence-electron chi connectivity index (χ2n) is 7.88. The van der Waals surface area contributed by atoms with E-state index in [0.29, 0.717) is 5.82 Å². The van der Waals surface area contributed by atoms with Crippen LogP contribution in [0.15, 0.2) is 40.8 Å². The summed E-state index contributed by atoms with van der Waals surface area (Å²) < 4.78 is 0. The predicted octanol–water partition coefficient (Wildman–Crippen LogP) is 2.74. The van der Waals surface area contributed by atoms with Gasteiger partial charge in [0.2, 0.25) is 0 Å². The minimum absolute atomic E-state index is 0.697. The molecule has 1 aliphatic heterocycles. The quantitative estimate of drug-likeness (QED) is 0.373. The van der Waals surface area contributed by atoms with Crippen LogP contribution in [0.2, 0.25) is 0 Å². The number of aliphatic imine (C=N–C) groups is 2. The third kappa shape index (κ3) is 3.65. The summed E-state index contributed by atoms with van der Waals surface area (Å²) in [5.74, 6) is 0.697. The first-order valence-electron chi connectivity index (χ1n) is 10.4. The third-order valence-electron chi connectivity index (χ3n) is 5.71. The molecule has 0 bridgehead atoms. The molecular weight excluding hydrogens is 404 g/mol. The summed E-state index contributed by atoms with van der Waals surface area (Å²) in [5.41, 5.74) is 6.14. The number of fused-ring (bicyclic) bond motifs is 2. The summed E-state index contributed by atoms with van der Waals surface area (Å²) in [6.45, 7) is 9.29. The number of rotatable bonds is 5. The Morgan fingerprint density at radius 2 is 2.00 bits per heavy atom. The lowest BCUT2D eigenvalue weighted by molar-refractivity contribution is 0.313. The molecule has 0 saturated carbocycles. The van der Waals surface area contributed by atoms with Crippen LogP contribution >= 0.6 is 0 Å². The molecule has 5 rings (SSSR count). The molecule has 1 fully saturated rings. The first-order chi connectivity index (χ1) is 15.6. The molecule has 0 aliphatic carbocycles. The number of likely N-dealkylation sites (N-methyl/N-ethyl adjacent to an activating group) is 1. The standard InChI is InChI=1S/C22H24N10/c1-14(9-25-13-23-2)16-8-15-17(11-26-16)29-30-20(15)22-27-18-10-24-12-19(21(18)28-22)32-6-4-31(3)5-7-32/h8-13H,2,4-7H2,1,3H3,(H,27,28)(H,29,30)/b14-9+,25-13-. The first-order valence-corrected chi connectivity index (χ1v) is 10.4. The van der Waals surface area contributed by atoms with Gasteiger partial charge in [0, 0.05) is 37.8 Å². The summed E-state index contributed by atoms with van der Waals surface area (Å²) >= 11 is 0. The van der Waals surface area contributed by atoms with Gasteiger partial charge in [0.05, 0.1) is 41.0 Å². The van der Waals surface area contributed by atoms with Gasteiger partial charge in [-0.2, -0.15) is 5.10 Å². The van der Waals surface area contributed by atoms with Gasteiger partial charge in [-0.15, -0.1) is 0 Å². The van der Waals surface area contributed by atoms with Crippen LogP contribution in [0, 0.1) is 0 Å². The van der Waals surface area contributed by atoms with E-state index in [2.05, 4.69) is 58.7 Å². The van der Waals surface area contributed by atoms with Crippen molar-refractivity contribution in [2.24, 2.45) is 9.98 Å². The lowest BCUT2D eigenvalue weighted by Gasteiger charge is -2.33. The van der Waals surface area contributed by atoms with E-state index < -0.39 is 0 Å². The molecule has 2 N–H and O–H groups in total. The number of nitrogens with one attached hydrogen (secondary N) is 2. The van der Waals surface area contributed by atoms with Crippen molar-refractivity contribution in [1.82, 2.24) is 35.0 Å². The zero-order valence-electron chi connectivity index (χ0n) is 18.1.